The lowest BCUT2D eigenvalue weighted by atomic mass is 10.1. The van der Waals surface area contributed by atoms with Crippen molar-refractivity contribution >= 4 is 40.2 Å². The number of para-hydroxylation sites is 2. The fraction of sp³-hybridized carbons (Fsp3) is 0.0952. The summed E-state index contributed by atoms with van der Waals surface area (Å²) >= 11 is 6.15. The number of aromatic nitrogens is 2. The van der Waals surface area contributed by atoms with Gasteiger partial charge in [0, 0.05) is 11.9 Å². The van der Waals surface area contributed by atoms with E-state index in [0.717, 1.165) is 0 Å². The summed E-state index contributed by atoms with van der Waals surface area (Å²) in [6.07, 6.45) is 1.59. The Labute approximate surface area is 165 Å². The number of rotatable bonds is 3. The quantitative estimate of drug-likeness (QED) is 0.580. The molecule has 4 aromatic rings. The molecule has 0 bridgehead atoms. The maximum absolute atomic E-state index is 13.2. The highest BCUT2D eigenvalue weighted by atomic mass is 35.5. The summed E-state index contributed by atoms with van der Waals surface area (Å²) in [5.41, 5.74) is 3.10. The molecule has 6 nitrogen and oxygen atoms in total. The Bertz CT molecular complexity index is 1390. The van der Waals surface area contributed by atoms with Crippen LogP contribution in [0.1, 0.15) is 11.1 Å². The number of ether oxygens (including phenoxy) is 1. The molecule has 28 heavy (non-hydrogen) atoms. The van der Waals surface area contributed by atoms with Crippen LogP contribution in [0, 0.1) is 18.3 Å². The molecule has 2 aromatic carbocycles. The van der Waals surface area contributed by atoms with E-state index >= 15 is 0 Å². The summed E-state index contributed by atoms with van der Waals surface area (Å²) in [6.45, 7) is 1.74. The molecule has 2 aromatic heterocycles. The first kappa shape index (κ1) is 17.8. The van der Waals surface area contributed by atoms with E-state index in [2.05, 4.69) is 16.4 Å². The molecule has 0 saturated carbocycles. The van der Waals surface area contributed by atoms with Gasteiger partial charge in [0.15, 0.2) is 5.65 Å². The summed E-state index contributed by atoms with van der Waals surface area (Å²) in [5.74, 6) is 0.561. The Kier molecular flexibility index (Phi) is 4.38. The number of imidazole rings is 1. The molecule has 0 atom stereocenters. The first-order chi connectivity index (χ1) is 13.5. The summed E-state index contributed by atoms with van der Waals surface area (Å²) in [5, 5.41) is 13.6. The maximum atomic E-state index is 13.2. The van der Waals surface area contributed by atoms with Gasteiger partial charge in [-0.2, -0.15) is 5.26 Å². The summed E-state index contributed by atoms with van der Waals surface area (Å²) in [6, 6.07) is 14.7. The number of nitrogens with one attached hydrogen (secondary N) is 1. The highest BCUT2D eigenvalue weighted by Gasteiger charge is 2.15. The Morgan fingerprint density at radius 3 is 2.79 bits per heavy atom. The van der Waals surface area contributed by atoms with Crippen LogP contribution in [0.5, 0.6) is 5.75 Å². The Morgan fingerprint density at radius 2 is 2.07 bits per heavy atom. The second kappa shape index (κ2) is 6.87. The van der Waals surface area contributed by atoms with Crippen molar-refractivity contribution in [3.8, 4) is 11.8 Å². The standard InChI is InChI=1S/C21H15ClN4O2/c1-12-14(10-23)20-25-17-5-3-4-6-18(17)26(20)21(27)15(12)11-24-13-7-8-19(28-2)16(22)9-13/h3-9,11,24H,1-2H3/b15-11-. The van der Waals surface area contributed by atoms with Crippen molar-refractivity contribution in [1.29, 1.82) is 5.26 Å². The molecule has 2 heterocycles. The lowest BCUT2D eigenvalue weighted by Gasteiger charge is -2.07. The van der Waals surface area contributed by atoms with Gasteiger partial charge in [-0.05, 0) is 42.8 Å². The van der Waals surface area contributed by atoms with Crippen LogP contribution in [0.15, 0.2) is 47.3 Å². The fourth-order valence-electron chi connectivity index (χ4n) is 3.20. The Hall–Kier alpha value is -3.56. The van der Waals surface area contributed by atoms with Crippen LogP contribution in [-0.2, 0) is 0 Å². The van der Waals surface area contributed by atoms with Gasteiger partial charge in [-0.3, -0.25) is 9.20 Å². The minimum Gasteiger partial charge on any atom is -0.495 e. The second-order valence-corrected chi connectivity index (χ2v) is 6.64. The average molecular weight is 391 g/mol. The molecule has 138 valence electrons. The van der Waals surface area contributed by atoms with Crippen molar-refractivity contribution < 1.29 is 4.74 Å². The van der Waals surface area contributed by atoms with Crippen LogP contribution < -0.4 is 20.8 Å². The van der Waals surface area contributed by atoms with E-state index in [1.807, 2.05) is 24.3 Å². The number of halogens is 1. The van der Waals surface area contributed by atoms with Gasteiger partial charge in [0.2, 0.25) is 0 Å². The van der Waals surface area contributed by atoms with Gasteiger partial charge < -0.3 is 10.1 Å². The van der Waals surface area contributed by atoms with E-state index in [0.29, 0.717) is 49.5 Å². The normalized spacial score (nSPS) is 11.7. The molecule has 0 fully saturated rings. The number of fused-ring (bicyclic) bond motifs is 3. The van der Waals surface area contributed by atoms with Gasteiger partial charge in [-0.1, -0.05) is 23.7 Å². The zero-order valence-corrected chi connectivity index (χ0v) is 15.9. The second-order valence-electron chi connectivity index (χ2n) is 6.23. The van der Waals surface area contributed by atoms with Crippen molar-refractivity contribution in [2.24, 2.45) is 0 Å². The monoisotopic (exact) mass is 390 g/mol. The van der Waals surface area contributed by atoms with E-state index in [1.54, 1.807) is 38.4 Å². The third-order valence-corrected chi connectivity index (χ3v) is 4.94. The molecule has 7 heteroatoms. The van der Waals surface area contributed by atoms with E-state index in [4.69, 9.17) is 16.3 Å². The number of anilines is 1. The van der Waals surface area contributed by atoms with Gasteiger partial charge in [0.05, 0.1) is 33.9 Å². The Balaban J connectivity index is 1.95. The van der Waals surface area contributed by atoms with Crippen molar-refractivity contribution in [3.05, 3.63) is 74.2 Å². The van der Waals surface area contributed by atoms with Crippen molar-refractivity contribution in [3.63, 3.8) is 0 Å². The number of nitrogens with zero attached hydrogens (tertiary/aromatic N) is 3. The molecule has 0 unspecified atom stereocenters. The number of benzene rings is 2. The molecule has 4 rings (SSSR count). The lowest BCUT2D eigenvalue weighted by molar-refractivity contribution is 0.415. The zero-order chi connectivity index (χ0) is 19.8. The molecule has 0 radical (unpaired) electrons. The van der Waals surface area contributed by atoms with Crippen LogP contribution in [0.4, 0.5) is 5.69 Å². The maximum Gasteiger partial charge on any atom is 0.265 e. The van der Waals surface area contributed by atoms with Gasteiger partial charge in [0.25, 0.3) is 5.56 Å². The van der Waals surface area contributed by atoms with Crippen LogP contribution in [0.25, 0.3) is 22.9 Å². The summed E-state index contributed by atoms with van der Waals surface area (Å²) in [7, 11) is 1.54. The lowest BCUT2D eigenvalue weighted by Crippen LogP contribution is -2.34. The number of methoxy groups -OCH3 is 1. The molecule has 1 N–H and O–H groups in total. The topological polar surface area (TPSA) is 79.4 Å². The van der Waals surface area contributed by atoms with Gasteiger partial charge in [-0.15, -0.1) is 0 Å². The highest BCUT2D eigenvalue weighted by molar-refractivity contribution is 6.32. The minimum absolute atomic E-state index is 0.243. The largest absolute Gasteiger partial charge is 0.495 e. The predicted molar refractivity (Wildman–Crippen MR) is 110 cm³/mol. The number of pyridine rings is 1. The van der Waals surface area contributed by atoms with E-state index < -0.39 is 0 Å². The molecule has 0 spiro atoms. The molecule has 0 aliphatic heterocycles. The Morgan fingerprint density at radius 1 is 1.29 bits per heavy atom. The molecule has 0 saturated heterocycles. The minimum atomic E-state index is -0.243. The van der Waals surface area contributed by atoms with Crippen molar-refractivity contribution in [2.45, 2.75) is 6.92 Å². The third kappa shape index (κ3) is 2.73. The zero-order valence-electron chi connectivity index (χ0n) is 15.2. The molecule has 0 amide bonds. The first-order valence-corrected chi connectivity index (χ1v) is 8.87. The van der Waals surface area contributed by atoms with E-state index in [1.165, 1.54) is 4.40 Å². The predicted octanol–water partition coefficient (Wildman–Crippen LogP) is 3.26. The SMILES string of the molecule is COc1ccc(N/C=c2/c(C)c(C#N)c3nc4ccccc4n3c2=O)cc1Cl. The number of nitriles is 1. The third-order valence-electron chi connectivity index (χ3n) is 4.64. The van der Waals surface area contributed by atoms with Gasteiger partial charge >= 0.3 is 0 Å². The van der Waals surface area contributed by atoms with Crippen molar-refractivity contribution in [1.82, 2.24) is 9.38 Å². The van der Waals surface area contributed by atoms with Gasteiger partial charge in [-0.25, -0.2) is 4.98 Å². The molecule has 0 aliphatic rings. The van der Waals surface area contributed by atoms with Crippen LogP contribution in [0.2, 0.25) is 5.02 Å². The first-order valence-electron chi connectivity index (χ1n) is 8.49. The van der Waals surface area contributed by atoms with Crippen LogP contribution in [-0.4, -0.2) is 16.5 Å². The smallest absolute Gasteiger partial charge is 0.265 e. The summed E-state index contributed by atoms with van der Waals surface area (Å²) < 4.78 is 6.63. The van der Waals surface area contributed by atoms with Crippen LogP contribution >= 0.6 is 11.6 Å². The van der Waals surface area contributed by atoms with Gasteiger partial charge in [0.1, 0.15) is 11.8 Å². The number of hydrogen-bond donors (Lipinski definition) is 1. The average Bonchev–Trinajstić information content (AvgIpc) is 3.07. The molecule has 0 aliphatic carbocycles. The number of hydrogen-bond acceptors (Lipinski definition) is 5. The van der Waals surface area contributed by atoms with Crippen molar-refractivity contribution in [2.75, 3.05) is 12.4 Å². The fourth-order valence-corrected chi connectivity index (χ4v) is 3.46. The summed E-state index contributed by atoms with van der Waals surface area (Å²) in [4.78, 5) is 17.6. The highest BCUT2D eigenvalue weighted by Crippen LogP contribution is 2.27. The molecular formula is C21H15ClN4O2. The molecular weight excluding hydrogens is 376 g/mol. The van der Waals surface area contributed by atoms with E-state index in [-0.39, 0.29) is 5.56 Å². The van der Waals surface area contributed by atoms with Crippen LogP contribution in [0.3, 0.4) is 0 Å². The van der Waals surface area contributed by atoms with E-state index in [9.17, 15) is 10.1 Å².